The van der Waals surface area contributed by atoms with Crippen molar-refractivity contribution in [2.45, 2.75) is 12.8 Å². The maximum Gasteiger partial charge on any atom is 0.122 e. The molecule has 0 amide bonds. The minimum Gasteiger partial charge on any atom is -0.493 e. The van der Waals surface area contributed by atoms with Gasteiger partial charge in [0.25, 0.3) is 0 Å². The highest BCUT2D eigenvalue weighted by atomic mass is 32.1. The predicted molar refractivity (Wildman–Crippen MR) is 78.3 cm³/mol. The first-order valence-corrected chi connectivity index (χ1v) is 6.82. The monoisotopic (exact) mass is 259 g/mol. The zero-order valence-electron chi connectivity index (χ0n) is 10.3. The Balaban J connectivity index is 1.97. The van der Waals surface area contributed by atoms with Crippen LogP contribution in [0.25, 0.3) is 0 Å². The Morgan fingerprint density at radius 1 is 1.33 bits per heavy atom. The number of ether oxygens (including phenoxy) is 1. The highest BCUT2D eigenvalue weighted by Gasteiger charge is 2.03. The van der Waals surface area contributed by atoms with Gasteiger partial charge in [-0.3, -0.25) is 0 Å². The number of anilines is 1. The number of allylic oxidation sites excluding steroid dienone is 1. The fourth-order valence-electron chi connectivity index (χ4n) is 1.77. The first kappa shape index (κ1) is 12.7. The smallest absolute Gasteiger partial charge is 0.122 e. The molecule has 1 aromatic carbocycles. The number of rotatable bonds is 6. The van der Waals surface area contributed by atoms with Crippen molar-refractivity contribution in [3.8, 4) is 5.75 Å². The molecule has 2 aromatic rings. The van der Waals surface area contributed by atoms with Crippen LogP contribution in [-0.2, 0) is 12.8 Å². The lowest BCUT2D eigenvalue weighted by molar-refractivity contribution is 0.320. The molecule has 0 aliphatic heterocycles. The third-order valence-corrected chi connectivity index (χ3v) is 3.57. The van der Waals surface area contributed by atoms with Gasteiger partial charge in [0.05, 0.1) is 6.61 Å². The normalized spacial score (nSPS) is 10.2. The molecule has 0 aliphatic rings. The molecule has 3 heteroatoms. The van der Waals surface area contributed by atoms with Crippen LogP contribution in [0.4, 0.5) is 5.69 Å². The first-order chi connectivity index (χ1) is 8.79. The molecule has 1 aromatic heterocycles. The molecule has 2 rings (SSSR count). The third kappa shape index (κ3) is 3.37. The summed E-state index contributed by atoms with van der Waals surface area (Å²) < 4.78 is 5.82. The summed E-state index contributed by atoms with van der Waals surface area (Å²) in [6.07, 6.45) is 3.58. The molecule has 0 bridgehead atoms. The summed E-state index contributed by atoms with van der Waals surface area (Å²) in [4.78, 5) is 1.34. The van der Waals surface area contributed by atoms with E-state index in [0.29, 0.717) is 6.61 Å². The van der Waals surface area contributed by atoms with Crippen molar-refractivity contribution in [2.75, 3.05) is 12.3 Å². The molecule has 0 atom stereocenters. The van der Waals surface area contributed by atoms with Gasteiger partial charge in [0, 0.05) is 17.0 Å². The molecule has 0 radical (unpaired) electrons. The van der Waals surface area contributed by atoms with Crippen molar-refractivity contribution >= 4 is 17.0 Å². The SMILES string of the molecule is C=CCc1cc(N)ccc1OCCc1cccs1. The second-order valence-electron chi connectivity index (χ2n) is 4.04. The van der Waals surface area contributed by atoms with Crippen molar-refractivity contribution in [1.29, 1.82) is 0 Å². The van der Waals surface area contributed by atoms with Crippen molar-refractivity contribution in [1.82, 2.24) is 0 Å². The van der Waals surface area contributed by atoms with Crippen LogP contribution in [0.3, 0.4) is 0 Å². The quantitative estimate of drug-likeness (QED) is 0.634. The van der Waals surface area contributed by atoms with Gasteiger partial charge < -0.3 is 10.5 Å². The number of benzene rings is 1. The van der Waals surface area contributed by atoms with Crippen LogP contribution in [0.2, 0.25) is 0 Å². The third-order valence-electron chi connectivity index (χ3n) is 2.63. The van der Waals surface area contributed by atoms with Crippen LogP contribution in [0.1, 0.15) is 10.4 Å². The van der Waals surface area contributed by atoms with Crippen LogP contribution >= 0.6 is 11.3 Å². The molecule has 0 saturated heterocycles. The van der Waals surface area contributed by atoms with Crippen molar-refractivity contribution in [2.24, 2.45) is 0 Å². The summed E-state index contributed by atoms with van der Waals surface area (Å²) in [6.45, 7) is 4.44. The highest BCUT2D eigenvalue weighted by Crippen LogP contribution is 2.22. The lowest BCUT2D eigenvalue weighted by Gasteiger charge is -2.10. The average molecular weight is 259 g/mol. The van der Waals surface area contributed by atoms with Gasteiger partial charge in [-0.2, -0.15) is 0 Å². The average Bonchev–Trinajstić information content (AvgIpc) is 2.85. The molecule has 0 fully saturated rings. The van der Waals surface area contributed by atoms with E-state index in [1.54, 1.807) is 11.3 Å². The van der Waals surface area contributed by atoms with Gasteiger partial charge in [0.1, 0.15) is 5.75 Å². The lowest BCUT2D eigenvalue weighted by atomic mass is 10.1. The minimum atomic E-state index is 0.689. The first-order valence-electron chi connectivity index (χ1n) is 5.94. The standard InChI is InChI=1S/C15H17NOS/c1-2-4-12-11-13(16)6-7-15(12)17-9-8-14-5-3-10-18-14/h2-3,5-7,10-11H,1,4,8-9,16H2. The fraction of sp³-hybridized carbons (Fsp3) is 0.200. The van der Waals surface area contributed by atoms with E-state index >= 15 is 0 Å². The maximum absolute atomic E-state index is 5.82. The van der Waals surface area contributed by atoms with E-state index in [1.165, 1.54) is 4.88 Å². The molecule has 0 unspecified atom stereocenters. The number of nitrogens with two attached hydrogens (primary N) is 1. The summed E-state index contributed by atoms with van der Waals surface area (Å²) in [5.41, 5.74) is 7.63. The van der Waals surface area contributed by atoms with Gasteiger partial charge in [0.2, 0.25) is 0 Å². The summed E-state index contributed by atoms with van der Waals surface area (Å²) in [7, 11) is 0. The van der Waals surface area contributed by atoms with E-state index in [2.05, 4.69) is 24.1 Å². The van der Waals surface area contributed by atoms with Crippen LogP contribution in [-0.4, -0.2) is 6.61 Å². The van der Waals surface area contributed by atoms with Crippen molar-refractivity contribution < 1.29 is 4.74 Å². The van der Waals surface area contributed by atoms with Gasteiger partial charge in [0.15, 0.2) is 0 Å². The number of hydrogen-bond donors (Lipinski definition) is 1. The van der Waals surface area contributed by atoms with E-state index in [1.807, 2.05) is 24.3 Å². The molecule has 0 aliphatic carbocycles. The summed E-state index contributed by atoms with van der Waals surface area (Å²) >= 11 is 1.76. The molecule has 2 N–H and O–H groups in total. The second kappa shape index (κ2) is 6.26. The second-order valence-corrected chi connectivity index (χ2v) is 5.07. The molecule has 0 saturated carbocycles. The molecular weight excluding hydrogens is 242 g/mol. The molecule has 18 heavy (non-hydrogen) atoms. The van der Waals surface area contributed by atoms with Crippen molar-refractivity contribution in [3.05, 3.63) is 58.8 Å². The van der Waals surface area contributed by atoms with Gasteiger partial charge in [-0.05, 0) is 41.6 Å². The molecule has 94 valence electrons. The van der Waals surface area contributed by atoms with Crippen LogP contribution in [0, 0.1) is 0 Å². The fourth-order valence-corrected chi connectivity index (χ4v) is 2.46. The summed E-state index contributed by atoms with van der Waals surface area (Å²) in [5.74, 6) is 0.903. The Kier molecular flexibility index (Phi) is 4.42. The van der Waals surface area contributed by atoms with E-state index in [9.17, 15) is 0 Å². The zero-order valence-corrected chi connectivity index (χ0v) is 11.1. The molecule has 2 nitrogen and oxygen atoms in total. The van der Waals surface area contributed by atoms with Crippen LogP contribution < -0.4 is 10.5 Å². The maximum atomic E-state index is 5.82. The van der Waals surface area contributed by atoms with Gasteiger partial charge in [-0.1, -0.05) is 12.1 Å². The minimum absolute atomic E-state index is 0.689. The number of nitrogen functional groups attached to an aromatic ring is 1. The summed E-state index contributed by atoms with van der Waals surface area (Å²) in [6, 6.07) is 9.94. The Morgan fingerprint density at radius 3 is 2.94 bits per heavy atom. The van der Waals surface area contributed by atoms with Crippen LogP contribution in [0.5, 0.6) is 5.75 Å². The summed E-state index contributed by atoms with van der Waals surface area (Å²) in [5, 5.41) is 2.09. The number of thiophene rings is 1. The Morgan fingerprint density at radius 2 is 2.22 bits per heavy atom. The molecular formula is C15H17NOS. The predicted octanol–water partition coefficient (Wildman–Crippen LogP) is 3.68. The highest BCUT2D eigenvalue weighted by molar-refractivity contribution is 7.09. The molecule has 0 spiro atoms. The molecule has 1 heterocycles. The van der Waals surface area contributed by atoms with E-state index in [4.69, 9.17) is 10.5 Å². The Bertz CT molecular complexity index is 505. The largest absolute Gasteiger partial charge is 0.493 e. The Hall–Kier alpha value is -1.74. The van der Waals surface area contributed by atoms with E-state index in [0.717, 1.165) is 29.8 Å². The van der Waals surface area contributed by atoms with Gasteiger partial charge in [-0.15, -0.1) is 17.9 Å². The van der Waals surface area contributed by atoms with Crippen LogP contribution in [0.15, 0.2) is 48.4 Å². The number of hydrogen-bond acceptors (Lipinski definition) is 3. The van der Waals surface area contributed by atoms with Gasteiger partial charge >= 0.3 is 0 Å². The topological polar surface area (TPSA) is 35.2 Å². The van der Waals surface area contributed by atoms with Gasteiger partial charge in [-0.25, -0.2) is 0 Å². The van der Waals surface area contributed by atoms with E-state index in [-0.39, 0.29) is 0 Å². The zero-order chi connectivity index (χ0) is 12.8. The van der Waals surface area contributed by atoms with Crippen molar-refractivity contribution in [3.63, 3.8) is 0 Å². The Labute approximate surface area is 112 Å². The lowest BCUT2D eigenvalue weighted by Crippen LogP contribution is -2.03. The van der Waals surface area contributed by atoms with E-state index < -0.39 is 0 Å².